The van der Waals surface area contributed by atoms with Gasteiger partial charge in [-0.25, -0.2) is 0 Å². The summed E-state index contributed by atoms with van der Waals surface area (Å²) in [5.41, 5.74) is 5.45. The molecule has 4 heteroatoms. The predicted molar refractivity (Wildman–Crippen MR) is 38.8 cm³/mol. The number of hydrogen-bond acceptors (Lipinski definition) is 3. The molecule has 0 aromatic carbocycles. The molecule has 0 rings (SSSR count). The molecule has 1 atom stereocenters. The second-order valence-corrected chi connectivity index (χ2v) is 2.62. The Hall–Kier alpha value is -0.610. The molecule has 1 unspecified atom stereocenters. The average Bonchev–Trinajstić information content (AvgIpc) is 1.58. The van der Waals surface area contributed by atoms with Crippen molar-refractivity contribution in [3.05, 3.63) is 0 Å². The van der Waals surface area contributed by atoms with E-state index in [1.54, 1.807) is 0 Å². The summed E-state index contributed by atoms with van der Waals surface area (Å²) < 4.78 is 0. The first-order chi connectivity index (χ1) is 4.52. The van der Waals surface area contributed by atoms with E-state index in [0.717, 1.165) is 0 Å². The first kappa shape index (κ1) is 9.39. The van der Waals surface area contributed by atoms with Gasteiger partial charge < -0.3 is 15.7 Å². The second-order valence-electron chi connectivity index (χ2n) is 2.62. The van der Waals surface area contributed by atoms with Gasteiger partial charge in [0.2, 0.25) is 0 Å². The Morgan fingerprint density at radius 3 is 2.50 bits per heavy atom. The fourth-order valence-corrected chi connectivity index (χ4v) is 0.758. The summed E-state index contributed by atoms with van der Waals surface area (Å²) in [7, 11) is 3.73. The molecule has 0 aromatic heterocycles. The van der Waals surface area contributed by atoms with Crippen LogP contribution in [0.25, 0.3) is 0 Å². The van der Waals surface area contributed by atoms with Crippen LogP contribution in [0.2, 0.25) is 0 Å². The monoisotopic (exact) mass is 146 g/mol. The molecule has 0 amide bonds. The van der Waals surface area contributed by atoms with Crippen LogP contribution in [0.15, 0.2) is 0 Å². The Balaban J connectivity index is 3.43. The summed E-state index contributed by atoms with van der Waals surface area (Å²) in [5.74, 6) is -0.839. The highest BCUT2D eigenvalue weighted by atomic mass is 16.4. The van der Waals surface area contributed by atoms with Crippen LogP contribution in [0, 0.1) is 0 Å². The van der Waals surface area contributed by atoms with Crippen LogP contribution in [0.5, 0.6) is 0 Å². The van der Waals surface area contributed by atoms with E-state index in [-0.39, 0.29) is 12.5 Å². The Bertz CT molecular complexity index is 114. The summed E-state index contributed by atoms with van der Waals surface area (Å²) in [5, 5.41) is 8.30. The smallest absolute Gasteiger partial charge is 0.304 e. The first-order valence-electron chi connectivity index (χ1n) is 3.14. The van der Waals surface area contributed by atoms with E-state index in [4.69, 9.17) is 10.8 Å². The number of nitrogens with two attached hydrogens (primary N) is 1. The van der Waals surface area contributed by atoms with Crippen LogP contribution in [0.1, 0.15) is 6.42 Å². The van der Waals surface area contributed by atoms with E-state index < -0.39 is 5.97 Å². The molecule has 4 nitrogen and oxygen atoms in total. The Labute approximate surface area is 60.6 Å². The first-order valence-corrected chi connectivity index (χ1v) is 3.14. The third-order valence-corrected chi connectivity index (χ3v) is 1.04. The van der Waals surface area contributed by atoms with Crippen molar-refractivity contribution >= 4 is 5.97 Å². The Kier molecular flexibility index (Phi) is 3.99. The third kappa shape index (κ3) is 5.53. The van der Waals surface area contributed by atoms with Crippen LogP contribution >= 0.6 is 0 Å². The lowest BCUT2D eigenvalue weighted by Gasteiger charge is -2.14. The van der Waals surface area contributed by atoms with E-state index in [0.29, 0.717) is 6.54 Å². The fraction of sp³-hybridized carbons (Fsp3) is 0.833. The molecule has 3 N–H and O–H groups in total. The Morgan fingerprint density at radius 1 is 1.70 bits per heavy atom. The van der Waals surface area contributed by atoms with Gasteiger partial charge in [0.15, 0.2) is 0 Å². The molecule has 0 fully saturated rings. The van der Waals surface area contributed by atoms with Gasteiger partial charge in [0.05, 0.1) is 6.42 Å². The topological polar surface area (TPSA) is 66.6 Å². The van der Waals surface area contributed by atoms with Crippen LogP contribution in [-0.2, 0) is 4.79 Å². The fourth-order valence-electron chi connectivity index (χ4n) is 0.758. The molecule has 0 bridgehead atoms. The lowest BCUT2D eigenvalue weighted by atomic mass is 10.2. The molecule has 0 aromatic rings. The summed E-state index contributed by atoms with van der Waals surface area (Å²) in [6, 6.07) is -0.257. The van der Waals surface area contributed by atoms with Gasteiger partial charge in [-0.2, -0.15) is 0 Å². The molecular formula is C6H14N2O2. The molecule has 10 heavy (non-hydrogen) atoms. The number of aliphatic carboxylic acids is 1. The number of carboxylic acid groups (broad SMARTS) is 1. The lowest BCUT2D eigenvalue weighted by Crippen LogP contribution is -2.34. The summed E-state index contributed by atoms with van der Waals surface area (Å²) >= 11 is 0. The van der Waals surface area contributed by atoms with Gasteiger partial charge in [0, 0.05) is 12.6 Å². The molecule has 0 saturated carbocycles. The molecule has 0 aliphatic carbocycles. The molecule has 60 valence electrons. The Morgan fingerprint density at radius 2 is 2.20 bits per heavy atom. The van der Waals surface area contributed by atoms with Crippen molar-refractivity contribution in [2.75, 3.05) is 20.6 Å². The van der Waals surface area contributed by atoms with Crippen molar-refractivity contribution in [3.8, 4) is 0 Å². The van der Waals surface area contributed by atoms with Crippen molar-refractivity contribution in [1.29, 1.82) is 0 Å². The van der Waals surface area contributed by atoms with Crippen LogP contribution in [0.4, 0.5) is 0 Å². The van der Waals surface area contributed by atoms with Crippen LogP contribution in [0.3, 0.4) is 0 Å². The van der Waals surface area contributed by atoms with Crippen molar-refractivity contribution in [2.24, 2.45) is 5.73 Å². The maximum absolute atomic E-state index is 10.1. The van der Waals surface area contributed by atoms with Gasteiger partial charge in [-0.15, -0.1) is 0 Å². The predicted octanol–water partition coefficient (Wildman–Crippen LogP) is -0.650. The van der Waals surface area contributed by atoms with Gasteiger partial charge in [-0.05, 0) is 14.1 Å². The molecule has 0 spiro atoms. The van der Waals surface area contributed by atoms with Gasteiger partial charge >= 0.3 is 5.97 Å². The number of carbonyl (C=O) groups is 1. The van der Waals surface area contributed by atoms with Crippen molar-refractivity contribution in [1.82, 2.24) is 4.90 Å². The average molecular weight is 146 g/mol. The van der Waals surface area contributed by atoms with E-state index in [2.05, 4.69) is 0 Å². The normalized spacial score (nSPS) is 13.6. The minimum Gasteiger partial charge on any atom is -0.481 e. The summed E-state index contributed by atoms with van der Waals surface area (Å²) in [6.45, 7) is 0.617. The van der Waals surface area contributed by atoms with Crippen molar-refractivity contribution in [2.45, 2.75) is 12.5 Å². The van der Waals surface area contributed by atoms with Gasteiger partial charge in [0.1, 0.15) is 0 Å². The molecule has 0 heterocycles. The minimum absolute atomic E-state index is 0.0399. The number of hydrogen-bond donors (Lipinski definition) is 2. The zero-order valence-electron chi connectivity index (χ0n) is 6.37. The number of nitrogens with zero attached hydrogens (tertiary/aromatic N) is 1. The lowest BCUT2D eigenvalue weighted by molar-refractivity contribution is -0.137. The van der Waals surface area contributed by atoms with Crippen molar-refractivity contribution in [3.63, 3.8) is 0 Å². The van der Waals surface area contributed by atoms with E-state index in [1.165, 1.54) is 0 Å². The summed E-state index contributed by atoms with van der Waals surface area (Å²) in [6.07, 6.45) is 0.0399. The van der Waals surface area contributed by atoms with Crippen LogP contribution in [-0.4, -0.2) is 42.7 Å². The second kappa shape index (κ2) is 4.24. The zero-order valence-corrected chi connectivity index (χ0v) is 6.37. The van der Waals surface area contributed by atoms with E-state index in [1.807, 2.05) is 19.0 Å². The van der Waals surface area contributed by atoms with E-state index >= 15 is 0 Å². The zero-order chi connectivity index (χ0) is 8.15. The van der Waals surface area contributed by atoms with Crippen LogP contribution < -0.4 is 5.73 Å². The van der Waals surface area contributed by atoms with Gasteiger partial charge in [-0.1, -0.05) is 0 Å². The molecule has 0 saturated heterocycles. The van der Waals surface area contributed by atoms with Gasteiger partial charge in [-0.3, -0.25) is 4.79 Å². The molecule has 0 aliphatic rings. The van der Waals surface area contributed by atoms with Crippen molar-refractivity contribution < 1.29 is 9.90 Å². The highest BCUT2D eigenvalue weighted by Crippen LogP contribution is 1.88. The largest absolute Gasteiger partial charge is 0.481 e. The highest BCUT2D eigenvalue weighted by molar-refractivity contribution is 5.67. The SMILES string of the molecule is CN(C)CC(N)CC(=O)O. The number of carboxylic acids is 1. The number of rotatable bonds is 4. The number of likely N-dealkylation sites (N-methyl/N-ethyl adjacent to an activating group) is 1. The maximum atomic E-state index is 10.1. The molecule has 0 radical (unpaired) electrons. The third-order valence-electron chi connectivity index (χ3n) is 1.04. The van der Waals surface area contributed by atoms with E-state index in [9.17, 15) is 4.79 Å². The van der Waals surface area contributed by atoms with Gasteiger partial charge in [0.25, 0.3) is 0 Å². The standard InChI is InChI=1S/C6H14N2O2/c1-8(2)4-5(7)3-6(9)10/h5H,3-4,7H2,1-2H3,(H,9,10). The minimum atomic E-state index is -0.839. The molecular weight excluding hydrogens is 132 g/mol. The highest BCUT2D eigenvalue weighted by Gasteiger charge is 2.07. The summed E-state index contributed by atoms with van der Waals surface area (Å²) in [4.78, 5) is 12.0. The maximum Gasteiger partial charge on any atom is 0.304 e. The molecule has 0 aliphatic heterocycles. The quantitative estimate of drug-likeness (QED) is 0.553.